The van der Waals surface area contributed by atoms with Crippen molar-refractivity contribution in [1.82, 2.24) is 10.2 Å². The molecule has 0 spiro atoms. The summed E-state index contributed by atoms with van der Waals surface area (Å²) in [5, 5.41) is 3.10. The van der Waals surface area contributed by atoms with Gasteiger partial charge in [-0.1, -0.05) is 20.8 Å². The van der Waals surface area contributed by atoms with E-state index in [1.807, 2.05) is 46.4 Å². The lowest BCUT2D eigenvalue weighted by Crippen LogP contribution is -2.49. The largest absolute Gasteiger partial charge is 0.490 e. The normalized spacial score (nSPS) is 14.9. The molecule has 0 aliphatic carbocycles. The van der Waals surface area contributed by atoms with Crippen molar-refractivity contribution in [3.8, 4) is 17.2 Å². The highest BCUT2D eigenvalue weighted by Gasteiger charge is 2.29. The van der Waals surface area contributed by atoms with E-state index in [0.717, 1.165) is 12.8 Å². The Morgan fingerprint density at radius 2 is 1.47 bits per heavy atom. The Hall–Kier alpha value is -2.44. The lowest BCUT2D eigenvalue weighted by atomic mass is 9.94. The van der Waals surface area contributed by atoms with E-state index in [1.54, 1.807) is 12.1 Å². The maximum atomic E-state index is 13.2. The summed E-state index contributed by atoms with van der Waals surface area (Å²) in [6, 6.07) is 3.55. The molecule has 7 nitrogen and oxygen atoms in total. The molecule has 0 unspecified atom stereocenters. The van der Waals surface area contributed by atoms with Crippen LogP contribution in [0.3, 0.4) is 0 Å². The summed E-state index contributed by atoms with van der Waals surface area (Å²) < 4.78 is 17.2. The summed E-state index contributed by atoms with van der Waals surface area (Å²) in [7, 11) is 0. The van der Waals surface area contributed by atoms with Crippen LogP contribution in [-0.4, -0.2) is 55.7 Å². The second-order valence-corrected chi connectivity index (χ2v) is 8.39. The summed E-state index contributed by atoms with van der Waals surface area (Å²) in [5.74, 6) is 1.53. The zero-order valence-corrected chi connectivity index (χ0v) is 19.2. The van der Waals surface area contributed by atoms with E-state index in [-0.39, 0.29) is 17.9 Å². The van der Waals surface area contributed by atoms with Crippen LogP contribution in [0.2, 0.25) is 0 Å². The molecule has 1 aromatic carbocycles. The molecule has 1 aliphatic rings. The van der Waals surface area contributed by atoms with Crippen molar-refractivity contribution in [2.45, 2.75) is 60.4 Å². The number of ether oxygens (including phenoxy) is 3. The molecule has 7 heteroatoms. The third-order valence-corrected chi connectivity index (χ3v) is 4.95. The molecular weight excluding hydrogens is 384 g/mol. The molecule has 0 bridgehead atoms. The average molecular weight is 421 g/mol. The lowest BCUT2D eigenvalue weighted by molar-refractivity contribution is -0.129. The van der Waals surface area contributed by atoms with E-state index in [9.17, 15) is 9.59 Å². The number of hydrogen-bond donors (Lipinski definition) is 1. The second-order valence-electron chi connectivity index (χ2n) is 8.39. The molecule has 1 saturated heterocycles. The van der Waals surface area contributed by atoms with Crippen molar-refractivity contribution in [2.24, 2.45) is 5.41 Å². The predicted molar refractivity (Wildman–Crippen MR) is 116 cm³/mol. The number of benzene rings is 1. The fraction of sp³-hybridized carbons (Fsp3) is 0.652. The smallest absolute Gasteiger partial charge is 0.254 e. The van der Waals surface area contributed by atoms with Crippen molar-refractivity contribution < 1.29 is 23.8 Å². The van der Waals surface area contributed by atoms with E-state index < -0.39 is 5.41 Å². The number of carbonyl (C=O) groups is 2. The Balaban J connectivity index is 2.14. The summed E-state index contributed by atoms with van der Waals surface area (Å²) >= 11 is 0. The first kappa shape index (κ1) is 23.8. The zero-order valence-electron chi connectivity index (χ0n) is 19.2. The minimum absolute atomic E-state index is 0.0431. The maximum Gasteiger partial charge on any atom is 0.254 e. The van der Waals surface area contributed by atoms with Crippen LogP contribution in [0, 0.1) is 5.41 Å². The number of rotatable bonds is 8. The van der Waals surface area contributed by atoms with E-state index in [0.29, 0.717) is 55.7 Å². The molecule has 2 rings (SSSR count). The van der Waals surface area contributed by atoms with Crippen molar-refractivity contribution in [1.29, 1.82) is 0 Å². The van der Waals surface area contributed by atoms with Crippen molar-refractivity contribution in [3.05, 3.63) is 17.7 Å². The molecule has 1 N–H and O–H groups in total. The molecular formula is C23H36N2O5. The maximum absolute atomic E-state index is 13.2. The number of carbonyl (C=O) groups excluding carboxylic acids is 2. The molecule has 1 heterocycles. The van der Waals surface area contributed by atoms with E-state index in [1.165, 1.54) is 0 Å². The SMILES string of the molecule is CCOc1cc(C(=O)N2CCC(NC(=O)C(C)(C)C)CC2)cc(OCC)c1OCC. The average Bonchev–Trinajstić information content (AvgIpc) is 2.70. The van der Waals surface area contributed by atoms with Crippen LogP contribution in [0.5, 0.6) is 17.2 Å². The van der Waals surface area contributed by atoms with Crippen LogP contribution in [0.1, 0.15) is 64.7 Å². The van der Waals surface area contributed by atoms with Crippen LogP contribution in [-0.2, 0) is 4.79 Å². The van der Waals surface area contributed by atoms with Gasteiger partial charge in [-0.25, -0.2) is 0 Å². The first-order chi connectivity index (χ1) is 14.2. The van der Waals surface area contributed by atoms with Gasteiger partial charge in [0.1, 0.15) is 0 Å². The third kappa shape index (κ3) is 6.03. The van der Waals surface area contributed by atoms with Crippen LogP contribution < -0.4 is 19.5 Å². The van der Waals surface area contributed by atoms with E-state index in [4.69, 9.17) is 14.2 Å². The third-order valence-electron chi connectivity index (χ3n) is 4.95. The lowest BCUT2D eigenvalue weighted by Gasteiger charge is -2.34. The monoisotopic (exact) mass is 420 g/mol. The molecule has 1 fully saturated rings. The number of amides is 2. The molecule has 30 heavy (non-hydrogen) atoms. The van der Waals surface area contributed by atoms with Crippen molar-refractivity contribution in [3.63, 3.8) is 0 Å². The number of piperidine rings is 1. The molecule has 0 radical (unpaired) electrons. The number of nitrogens with zero attached hydrogens (tertiary/aromatic N) is 1. The Morgan fingerprint density at radius 1 is 0.967 bits per heavy atom. The van der Waals surface area contributed by atoms with Gasteiger partial charge in [-0.05, 0) is 45.7 Å². The van der Waals surface area contributed by atoms with Crippen molar-refractivity contribution >= 4 is 11.8 Å². The highest BCUT2D eigenvalue weighted by atomic mass is 16.5. The fourth-order valence-corrected chi connectivity index (χ4v) is 3.32. The minimum atomic E-state index is -0.416. The summed E-state index contributed by atoms with van der Waals surface area (Å²) in [5.41, 5.74) is 0.100. The Labute approximate surface area is 180 Å². The number of nitrogens with one attached hydrogen (secondary N) is 1. The molecule has 0 aromatic heterocycles. The predicted octanol–water partition coefficient (Wildman–Crippen LogP) is 3.65. The first-order valence-corrected chi connectivity index (χ1v) is 10.9. The zero-order chi connectivity index (χ0) is 22.3. The summed E-state index contributed by atoms with van der Waals surface area (Å²) in [6.07, 6.45) is 1.47. The van der Waals surface area contributed by atoms with E-state index >= 15 is 0 Å². The molecule has 0 saturated carbocycles. The van der Waals surface area contributed by atoms with Gasteiger partial charge in [-0.3, -0.25) is 9.59 Å². The van der Waals surface area contributed by atoms with E-state index in [2.05, 4.69) is 5.32 Å². The Bertz CT molecular complexity index is 707. The quantitative estimate of drug-likeness (QED) is 0.695. The van der Waals surface area contributed by atoms with Gasteiger partial charge in [-0.15, -0.1) is 0 Å². The number of hydrogen-bond acceptors (Lipinski definition) is 5. The van der Waals surface area contributed by atoms with Crippen LogP contribution >= 0.6 is 0 Å². The Morgan fingerprint density at radius 3 is 1.90 bits per heavy atom. The number of likely N-dealkylation sites (tertiary alicyclic amines) is 1. The van der Waals surface area contributed by atoms with Crippen molar-refractivity contribution in [2.75, 3.05) is 32.9 Å². The highest BCUT2D eigenvalue weighted by Crippen LogP contribution is 2.39. The highest BCUT2D eigenvalue weighted by molar-refractivity contribution is 5.95. The second kappa shape index (κ2) is 10.5. The van der Waals surface area contributed by atoms with Crippen LogP contribution in [0.25, 0.3) is 0 Å². The molecule has 168 valence electrons. The van der Waals surface area contributed by atoms with Gasteiger partial charge in [0.2, 0.25) is 11.7 Å². The standard InChI is InChI=1S/C23H36N2O5/c1-7-28-18-14-16(15-19(29-8-2)20(18)30-9-3)21(26)25-12-10-17(11-13-25)24-22(27)23(4,5)6/h14-15,17H,7-13H2,1-6H3,(H,24,27). The van der Waals surface area contributed by atoms with Gasteiger partial charge < -0.3 is 24.4 Å². The Kier molecular flexibility index (Phi) is 8.38. The molecule has 1 aliphatic heterocycles. The molecule has 1 aromatic rings. The topological polar surface area (TPSA) is 77.1 Å². The summed E-state index contributed by atoms with van der Waals surface area (Å²) in [6.45, 7) is 14.0. The van der Waals surface area contributed by atoms with Gasteiger partial charge in [0.05, 0.1) is 19.8 Å². The van der Waals surface area contributed by atoms with Crippen LogP contribution in [0.15, 0.2) is 12.1 Å². The summed E-state index contributed by atoms with van der Waals surface area (Å²) in [4.78, 5) is 27.2. The van der Waals surface area contributed by atoms with Gasteiger partial charge >= 0.3 is 0 Å². The molecule has 2 amide bonds. The van der Waals surface area contributed by atoms with Crippen LogP contribution in [0.4, 0.5) is 0 Å². The van der Waals surface area contributed by atoms with Gasteiger partial charge in [-0.2, -0.15) is 0 Å². The fourth-order valence-electron chi connectivity index (χ4n) is 3.32. The minimum Gasteiger partial charge on any atom is -0.490 e. The van der Waals surface area contributed by atoms with Gasteiger partial charge in [0.15, 0.2) is 11.5 Å². The first-order valence-electron chi connectivity index (χ1n) is 10.9. The van der Waals surface area contributed by atoms with Gasteiger partial charge in [0, 0.05) is 30.1 Å². The van der Waals surface area contributed by atoms with Gasteiger partial charge in [0.25, 0.3) is 5.91 Å². The molecule has 0 atom stereocenters.